The summed E-state index contributed by atoms with van der Waals surface area (Å²) in [6.07, 6.45) is -0.362. The molecular formula is C28H23Cl2N3O2. The molecule has 1 aliphatic rings. The number of phenolic OH excluding ortho intramolecular Hbond substituents is 1. The molecule has 0 aromatic heterocycles. The van der Waals surface area contributed by atoms with Gasteiger partial charge < -0.3 is 15.3 Å². The Balaban J connectivity index is 1.53. The summed E-state index contributed by atoms with van der Waals surface area (Å²) in [6.45, 7) is 0.502. The molecular weight excluding hydrogens is 481 g/mol. The zero-order chi connectivity index (χ0) is 24.2. The monoisotopic (exact) mass is 503 g/mol. The van der Waals surface area contributed by atoms with Crippen LogP contribution in [0.3, 0.4) is 0 Å². The quantitative estimate of drug-likeness (QED) is 0.283. The molecule has 0 amide bonds. The molecule has 0 aliphatic carbocycles. The molecule has 0 bridgehead atoms. The number of halogens is 2. The molecule has 0 saturated carbocycles. The number of rotatable bonds is 6. The Morgan fingerprint density at radius 3 is 2.06 bits per heavy atom. The molecule has 2 atom stereocenters. The average Bonchev–Trinajstić information content (AvgIpc) is 3.29. The van der Waals surface area contributed by atoms with E-state index in [0.29, 0.717) is 16.6 Å². The maximum absolute atomic E-state index is 9.79. The lowest BCUT2D eigenvalue weighted by atomic mass is 9.93. The van der Waals surface area contributed by atoms with Crippen LogP contribution in [0.2, 0.25) is 10.0 Å². The Labute approximate surface area is 214 Å². The van der Waals surface area contributed by atoms with Crippen molar-refractivity contribution in [3.63, 3.8) is 0 Å². The third kappa shape index (κ3) is 5.06. The van der Waals surface area contributed by atoms with E-state index >= 15 is 0 Å². The van der Waals surface area contributed by atoms with Crippen molar-refractivity contribution in [2.45, 2.75) is 6.10 Å². The van der Waals surface area contributed by atoms with Gasteiger partial charge in [0, 0.05) is 22.9 Å². The number of phenols is 1. The fourth-order valence-electron chi connectivity index (χ4n) is 4.17. The number of amidine groups is 1. The molecule has 1 aliphatic heterocycles. The minimum absolute atomic E-state index is 0.174. The minimum Gasteiger partial charge on any atom is -0.508 e. The van der Waals surface area contributed by atoms with Crippen LogP contribution in [0.4, 0.5) is 17.1 Å². The van der Waals surface area contributed by atoms with Gasteiger partial charge in [-0.3, -0.25) is 4.90 Å². The Morgan fingerprint density at radius 1 is 0.829 bits per heavy atom. The first-order valence-corrected chi connectivity index (χ1v) is 12.0. The molecule has 5 rings (SSSR count). The van der Waals surface area contributed by atoms with Crippen LogP contribution in [0.5, 0.6) is 5.75 Å². The highest BCUT2D eigenvalue weighted by atomic mass is 35.5. The number of nitrogens with one attached hydrogen (secondary N) is 1. The molecule has 5 nitrogen and oxygen atoms in total. The summed E-state index contributed by atoms with van der Waals surface area (Å²) in [4.78, 5) is 8.14. The number of anilines is 3. The Kier molecular flexibility index (Phi) is 6.80. The summed E-state index contributed by atoms with van der Waals surface area (Å²) in [5.74, 6) is 0.787. The van der Waals surface area contributed by atoms with E-state index in [1.165, 1.54) is 0 Å². The molecule has 7 heteroatoms. The highest BCUT2D eigenvalue weighted by Gasteiger charge is 2.39. The van der Waals surface area contributed by atoms with Gasteiger partial charge in [-0.05, 0) is 60.2 Å². The van der Waals surface area contributed by atoms with Crippen LogP contribution in [0, 0.1) is 5.92 Å². The number of nitrogens with zero attached hydrogens (tertiary/aromatic N) is 2. The van der Waals surface area contributed by atoms with Gasteiger partial charge in [0.2, 0.25) is 0 Å². The highest BCUT2D eigenvalue weighted by molar-refractivity contribution is 6.36. The first kappa shape index (κ1) is 23.1. The van der Waals surface area contributed by atoms with Crippen molar-refractivity contribution in [3.05, 3.63) is 119 Å². The predicted octanol–water partition coefficient (Wildman–Crippen LogP) is 7.65. The molecule has 4 aromatic carbocycles. The van der Waals surface area contributed by atoms with Gasteiger partial charge in [0.05, 0.1) is 16.6 Å². The summed E-state index contributed by atoms with van der Waals surface area (Å²) in [5.41, 5.74) is 3.64. The first-order chi connectivity index (χ1) is 17.1. The lowest BCUT2D eigenvalue weighted by Crippen LogP contribution is -2.36. The highest BCUT2D eigenvalue weighted by Crippen LogP contribution is 2.39. The van der Waals surface area contributed by atoms with Crippen molar-refractivity contribution in [2.24, 2.45) is 11.1 Å². The molecule has 0 fully saturated rings. The van der Waals surface area contributed by atoms with Crippen LogP contribution in [0.15, 0.2) is 108 Å². The van der Waals surface area contributed by atoms with Gasteiger partial charge in [0.1, 0.15) is 5.75 Å². The van der Waals surface area contributed by atoms with E-state index in [2.05, 4.69) is 15.4 Å². The second kappa shape index (κ2) is 10.3. The van der Waals surface area contributed by atoms with Crippen LogP contribution in [0.1, 0.15) is 11.7 Å². The molecule has 0 radical (unpaired) electrons. The number of para-hydroxylation sites is 2. The lowest BCUT2D eigenvalue weighted by Gasteiger charge is -2.29. The summed E-state index contributed by atoms with van der Waals surface area (Å²) < 4.78 is 0. The normalized spacial score (nSPS) is 16.9. The lowest BCUT2D eigenvalue weighted by molar-refractivity contribution is 0.0640. The van der Waals surface area contributed by atoms with Gasteiger partial charge in [0.15, 0.2) is 11.9 Å². The van der Waals surface area contributed by atoms with Gasteiger partial charge in [-0.25, -0.2) is 0 Å². The minimum atomic E-state index is -0.362. The number of hydrogen-bond acceptors (Lipinski definition) is 5. The van der Waals surface area contributed by atoms with Crippen LogP contribution in [-0.4, -0.2) is 17.5 Å². The topological polar surface area (TPSA) is 57.1 Å². The van der Waals surface area contributed by atoms with Crippen LogP contribution in [-0.2, 0) is 4.84 Å². The number of oxime groups is 1. The van der Waals surface area contributed by atoms with E-state index < -0.39 is 0 Å². The van der Waals surface area contributed by atoms with E-state index in [1.54, 1.807) is 24.3 Å². The fourth-order valence-corrected chi connectivity index (χ4v) is 4.65. The van der Waals surface area contributed by atoms with Crippen LogP contribution < -0.4 is 10.2 Å². The summed E-state index contributed by atoms with van der Waals surface area (Å²) in [6, 6.07) is 32.6. The molecule has 35 heavy (non-hydrogen) atoms. The number of aromatic hydroxyl groups is 1. The second-order valence-corrected chi connectivity index (χ2v) is 9.03. The van der Waals surface area contributed by atoms with E-state index in [1.807, 2.05) is 78.9 Å². The Morgan fingerprint density at radius 2 is 1.46 bits per heavy atom. The smallest absolute Gasteiger partial charge is 0.164 e. The predicted molar refractivity (Wildman–Crippen MR) is 143 cm³/mol. The van der Waals surface area contributed by atoms with E-state index in [0.717, 1.165) is 28.5 Å². The number of hydrogen-bond donors (Lipinski definition) is 2. The zero-order valence-corrected chi connectivity index (χ0v) is 20.2. The van der Waals surface area contributed by atoms with Crippen LogP contribution >= 0.6 is 23.2 Å². The molecule has 2 N–H and O–H groups in total. The van der Waals surface area contributed by atoms with Gasteiger partial charge in [0.25, 0.3) is 0 Å². The largest absolute Gasteiger partial charge is 0.508 e. The van der Waals surface area contributed by atoms with Crippen molar-refractivity contribution >= 4 is 46.1 Å². The summed E-state index contributed by atoms with van der Waals surface area (Å²) in [7, 11) is 0. The molecule has 0 spiro atoms. The maximum atomic E-state index is 9.79. The second-order valence-electron chi connectivity index (χ2n) is 8.19. The van der Waals surface area contributed by atoms with Crippen molar-refractivity contribution in [1.82, 2.24) is 0 Å². The zero-order valence-electron chi connectivity index (χ0n) is 18.7. The number of benzene rings is 4. The molecule has 0 saturated heterocycles. The van der Waals surface area contributed by atoms with Crippen molar-refractivity contribution in [3.8, 4) is 5.75 Å². The fraction of sp³-hybridized carbons (Fsp3) is 0.107. The van der Waals surface area contributed by atoms with E-state index in [4.69, 9.17) is 28.0 Å². The molecule has 1 heterocycles. The van der Waals surface area contributed by atoms with E-state index in [-0.39, 0.29) is 17.8 Å². The third-order valence-electron chi connectivity index (χ3n) is 5.88. The standard InChI is InChI=1S/C28H23Cl2N3O2/c29-20-13-16-26(25(30)17-20)31-18-24-27(19-11-14-23(34)15-12-19)35-32-28(24)33(21-7-3-1-4-8-21)22-9-5-2-6-10-22/h1-17,24,27,31,34H,18H2. The molecule has 4 aromatic rings. The Bertz CT molecular complexity index is 1280. The molecule has 2 unspecified atom stereocenters. The third-order valence-corrected chi connectivity index (χ3v) is 6.43. The summed E-state index contributed by atoms with van der Waals surface area (Å²) >= 11 is 12.5. The first-order valence-electron chi connectivity index (χ1n) is 11.2. The van der Waals surface area contributed by atoms with Gasteiger partial charge in [-0.2, -0.15) is 0 Å². The van der Waals surface area contributed by atoms with Crippen molar-refractivity contribution in [1.29, 1.82) is 0 Å². The van der Waals surface area contributed by atoms with Gasteiger partial charge in [-0.15, -0.1) is 0 Å². The van der Waals surface area contributed by atoms with E-state index in [9.17, 15) is 5.11 Å². The van der Waals surface area contributed by atoms with Gasteiger partial charge in [-0.1, -0.05) is 76.9 Å². The van der Waals surface area contributed by atoms with Crippen molar-refractivity contribution < 1.29 is 9.94 Å². The molecule has 176 valence electrons. The summed E-state index contributed by atoms with van der Waals surface area (Å²) in [5, 5.41) is 18.9. The maximum Gasteiger partial charge on any atom is 0.164 e. The van der Waals surface area contributed by atoms with Gasteiger partial charge >= 0.3 is 0 Å². The Hall–Kier alpha value is -3.67. The van der Waals surface area contributed by atoms with Crippen LogP contribution in [0.25, 0.3) is 0 Å². The average molecular weight is 504 g/mol. The van der Waals surface area contributed by atoms with Crippen molar-refractivity contribution in [2.75, 3.05) is 16.8 Å². The SMILES string of the molecule is Oc1ccc(C2ON=C(N(c3ccccc3)c3ccccc3)C2CNc2ccc(Cl)cc2Cl)cc1.